The maximum atomic E-state index is 11.2. The van der Waals surface area contributed by atoms with E-state index < -0.39 is 5.91 Å². The number of hydrogen-bond acceptors (Lipinski definition) is 4. The van der Waals surface area contributed by atoms with Gasteiger partial charge < -0.3 is 15.5 Å². The molecule has 2 rings (SSSR count). The molecule has 0 aliphatic carbocycles. The van der Waals surface area contributed by atoms with Crippen molar-refractivity contribution in [2.45, 2.75) is 12.5 Å². The quantitative estimate of drug-likeness (QED) is 0.812. The lowest BCUT2D eigenvalue weighted by Crippen LogP contribution is -2.31. The number of hydrogen-bond donors (Lipinski definition) is 1. The van der Waals surface area contributed by atoms with Crippen molar-refractivity contribution in [3.63, 3.8) is 0 Å². The van der Waals surface area contributed by atoms with Crippen molar-refractivity contribution < 1.29 is 9.59 Å². The molecule has 102 valence electrons. The van der Waals surface area contributed by atoms with Gasteiger partial charge in [0.2, 0.25) is 5.91 Å². The lowest BCUT2D eigenvalue weighted by atomic mass is 10.1. The first-order chi connectivity index (χ1) is 9.02. The number of aldehydes is 1. The van der Waals surface area contributed by atoms with Crippen LogP contribution in [0.4, 0.5) is 5.69 Å². The number of nitrogens with two attached hydrogens (primary N) is 1. The van der Waals surface area contributed by atoms with Gasteiger partial charge in [-0.25, -0.2) is 0 Å². The van der Waals surface area contributed by atoms with Crippen molar-refractivity contribution in [3.8, 4) is 0 Å². The fourth-order valence-electron chi connectivity index (χ4n) is 2.47. The van der Waals surface area contributed by atoms with E-state index in [0.29, 0.717) is 17.2 Å². The van der Waals surface area contributed by atoms with Gasteiger partial charge in [-0.3, -0.25) is 9.59 Å². The first kappa shape index (κ1) is 13.5. The third-order valence-electron chi connectivity index (χ3n) is 3.67. The summed E-state index contributed by atoms with van der Waals surface area (Å²) in [6, 6.07) is 5.54. The molecule has 1 atom stereocenters. The first-order valence-electron chi connectivity index (χ1n) is 6.33. The van der Waals surface area contributed by atoms with Gasteiger partial charge in [0.15, 0.2) is 6.29 Å². The van der Waals surface area contributed by atoms with Gasteiger partial charge in [-0.05, 0) is 38.7 Å². The number of anilines is 1. The predicted molar refractivity (Wildman–Crippen MR) is 74.7 cm³/mol. The number of rotatable bonds is 4. The summed E-state index contributed by atoms with van der Waals surface area (Å²) >= 11 is 0. The minimum Gasteiger partial charge on any atom is -0.369 e. The van der Waals surface area contributed by atoms with Gasteiger partial charge in [0.25, 0.3) is 0 Å². The average molecular weight is 261 g/mol. The predicted octanol–water partition coefficient (Wildman–Crippen LogP) is 0.738. The van der Waals surface area contributed by atoms with Crippen LogP contribution < -0.4 is 10.6 Å². The number of carbonyl (C=O) groups excluding carboxylic acids is 2. The largest absolute Gasteiger partial charge is 0.369 e. The maximum absolute atomic E-state index is 11.2. The molecule has 1 aromatic carbocycles. The molecular weight excluding hydrogens is 242 g/mol. The summed E-state index contributed by atoms with van der Waals surface area (Å²) in [6.07, 6.45) is 1.85. The topological polar surface area (TPSA) is 66.6 Å². The van der Waals surface area contributed by atoms with E-state index >= 15 is 0 Å². The van der Waals surface area contributed by atoms with Gasteiger partial charge in [0.1, 0.15) is 0 Å². The maximum Gasteiger partial charge on any atom is 0.248 e. The molecule has 1 amide bonds. The molecule has 1 aliphatic heterocycles. The summed E-state index contributed by atoms with van der Waals surface area (Å²) in [5, 5.41) is 0. The number of primary amides is 1. The Morgan fingerprint density at radius 2 is 2.21 bits per heavy atom. The first-order valence-corrected chi connectivity index (χ1v) is 6.33. The summed E-state index contributed by atoms with van der Waals surface area (Å²) in [5.74, 6) is -0.512. The van der Waals surface area contributed by atoms with Crippen LogP contribution >= 0.6 is 0 Å². The second-order valence-corrected chi connectivity index (χ2v) is 5.11. The van der Waals surface area contributed by atoms with E-state index in [2.05, 4.69) is 23.9 Å². The highest BCUT2D eigenvalue weighted by atomic mass is 16.1. The minimum atomic E-state index is -0.512. The van der Waals surface area contributed by atoms with Crippen molar-refractivity contribution in [1.82, 2.24) is 4.90 Å². The van der Waals surface area contributed by atoms with Crippen LogP contribution in [-0.4, -0.2) is 50.3 Å². The van der Waals surface area contributed by atoms with E-state index in [1.54, 1.807) is 12.1 Å². The molecule has 1 aliphatic rings. The summed E-state index contributed by atoms with van der Waals surface area (Å²) in [7, 11) is 4.12. The molecule has 1 unspecified atom stereocenters. The van der Waals surface area contributed by atoms with E-state index in [1.807, 2.05) is 6.07 Å². The summed E-state index contributed by atoms with van der Waals surface area (Å²) in [6.45, 7) is 1.81. The Balaban J connectivity index is 2.26. The summed E-state index contributed by atoms with van der Waals surface area (Å²) in [4.78, 5) is 26.7. The normalized spacial score (nSPS) is 18.9. The zero-order valence-corrected chi connectivity index (χ0v) is 11.3. The number of nitrogens with zero attached hydrogens (tertiary/aromatic N) is 2. The number of likely N-dealkylation sites (N-methyl/N-ethyl adjacent to an activating group) is 1. The molecule has 5 heteroatoms. The molecule has 19 heavy (non-hydrogen) atoms. The molecule has 1 aromatic rings. The van der Waals surface area contributed by atoms with Crippen molar-refractivity contribution in [2.24, 2.45) is 5.73 Å². The standard InChI is InChI=1S/C14H19N3O2/c1-16(2)12-5-6-17(8-12)13-4-3-10(14(15)19)7-11(13)9-18/h3-4,7,9,12H,5-6,8H2,1-2H3,(H2,15,19). The van der Waals surface area contributed by atoms with Gasteiger partial charge in [-0.1, -0.05) is 0 Å². The van der Waals surface area contributed by atoms with Gasteiger partial charge in [-0.2, -0.15) is 0 Å². The highest BCUT2D eigenvalue weighted by Crippen LogP contribution is 2.26. The zero-order chi connectivity index (χ0) is 14.0. The third-order valence-corrected chi connectivity index (χ3v) is 3.67. The highest BCUT2D eigenvalue weighted by molar-refractivity contribution is 5.96. The van der Waals surface area contributed by atoms with Crippen LogP contribution in [0.2, 0.25) is 0 Å². The van der Waals surface area contributed by atoms with Crippen LogP contribution in [0.5, 0.6) is 0 Å². The van der Waals surface area contributed by atoms with Crippen LogP contribution in [0.25, 0.3) is 0 Å². The van der Waals surface area contributed by atoms with Gasteiger partial charge in [0.05, 0.1) is 0 Å². The van der Waals surface area contributed by atoms with Crippen molar-refractivity contribution >= 4 is 17.9 Å². The number of amides is 1. The van der Waals surface area contributed by atoms with Crippen LogP contribution in [-0.2, 0) is 0 Å². The number of carbonyl (C=O) groups is 2. The van der Waals surface area contributed by atoms with Crippen LogP contribution in [0.1, 0.15) is 27.1 Å². The smallest absolute Gasteiger partial charge is 0.248 e. The van der Waals surface area contributed by atoms with Crippen molar-refractivity contribution in [2.75, 3.05) is 32.1 Å². The van der Waals surface area contributed by atoms with E-state index in [1.165, 1.54) is 0 Å². The van der Waals surface area contributed by atoms with Crippen molar-refractivity contribution in [3.05, 3.63) is 29.3 Å². The Kier molecular flexibility index (Phi) is 3.85. The van der Waals surface area contributed by atoms with E-state index in [0.717, 1.165) is 31.5 Å². The number of benzene rings is 1. The fourth-order valence-corrected chi connectivity index (χ4v) is 2.47. The Morgan fingerprint density at radius 3 is 2.74 bits per heavy atom. The SMILES string of the molecule is CN(C)C1CCN(c2ccc(C(N)=O)cc2C=O)C1. The van der Waals surface area contributed by atoms with Gasteiger partial charge in [0, 0.05) is 35.9 Å². The van der Waals surface area contributed by atoms with E-state index in [4.69, 9.17) is 5.73 Å². The molecule has 0 aromatic heterocycles. The fraction of sp³-hybridized carbons (Fsp3) is 0.429. The zero-order valence-electron chi connectivity index (χ0n) is 11.3. The molecule has 1 saturated heterocycles. The lowest BCUT2D eigenvalue weighted by Gasteiger charge is -2.23. The molecular formula is C14H19N3O2. The summed E-state index contributed by atoms with van der Waals surface area (Å²) in [5.41, 5.74) is 7.00. The molecule has 0 saturated carbocycles. The Morgan fingerprint density at radius 1 is 1.47 bits per heavy atom. The van der Waals surface area contributed by atoms with Crippen LogP contribution in [0, 0.1) is 0 Å². The Hall–Kier alpha value is -1.88. The monoisotopic (exact) mass is 261 g/mol. The molecule has 1 heterocycles. The molecule has 0 bridgehead atoms. The van der Waals surface area contributed by atoms with Crippen LogP contribution in [0.3, 0.4) is 0 Å². The minimum absolute atomic E-state index is 0.370. The summed E-state index contributed by atoms with van der Waals surface area (Å²) < 4.78 is 0. The Bertz CT molecular complexity index is 499. The van der Waals surface area contributed by atoms with E-state index in [9.17, 15) is 9.59 Å². The van der Waals surface area contributed by atoms with Gasteiger partial charge in [-0.15, -0.1) is 0 Å². The Labute approximate surface area is 113 Å². The average Bonchev–Trinajstić information content (AvgIpc) is 2.87. The third kappa shape index (κ3) is 2.76. The molecule has 0 radical (unpaired) electrons. The van der Waals surface area contributed by atoms with Crippen molar-refractivity contribution in [1.29, 1.82) is 0 Å². The highest BCUT2D eigenvalue weighted by Gasteiger charge is 2.25. The lowest BCUT2D eigenvalue weighted by molar-refractivity contribution is 0.100. The molecule has 0 spiro atoms. The second kappa shape index (κ2) is 5.40. The molecule has 2 N–H and O–H groups in total. The van der Waals surface area contributed by atoms with Crippen LogP contribution in [0.15, 0.2) is 18.2 Å². The molecule has 1 fully saturated rings. The second-order valence-electron chi connectivity index (χ2n) is 5.11. The molecule has 5 nitrogen and oxygen atoms in total. The van der Waals surface area contributed by atoms with Gasteiger partial charge >= 0.3 is 0 Å². The van der Waals surface area contributed by atoms with E-state index in [-0.39, 0.29) is 0 Å².